The first kappa shape index (κ1) is 11.8. The van der Waals surface area contributed by atoms with Crippen molar-refractivity contribution >= 4 is 17.3 Å². The SMILES string of the molecule is COc1c(C)cc(Cl)cc1-c1n[nH]c(C)c1N. The average Bonchev–Trinajstić information content (AvgIpc) is 2.59. The number of ether oxygens (including phenoxy) is 1. The van der Waals surface area contributed by atoms with Gasteiger partial charge in [-0.25, -0.2) is 0 Å². The molecule has 0 spiro atoms. The molecule has 0 amide bonds. The highest BCUT2D eigenvalue weighted by atomic mass is 35.5. The third-order valence-corrected chi connectivity index (χ3v) is 2.91. The minimum absolute atomic E-state index is 0.616. The lowest BCUT2D eigenvalue weighted by atomic mass is 10.1. The average molecular weight is 252 g/mol. The van der Waals surface area contributed by atoms with Crippen LogP contribution in [0.4, 0.5) is 5.69 Å². The van der Waals surface area contributed by atoms with E-state index in [-0.39, 0.29) is 0 Å². The zero-order valence-electron chi connectivity index (χ0n) is 9.97. The molecule has 3 N–H and O–H groups in total. The molecule has 0 bridgehead atoms. The Kier molecular flexibility index (Phi) is 2.98. The van der Waals surface area contributed by atoms with Crippen molar-refractivity contribution in [2.24, 2.45) is 0 Å². The van der Waals surface area contributed by atoms with Crippen molar-refractivity contribution in [1.29, 1.82) is 0 Å². The van der Waals surface area contributed by atoms with Crippen LogP contribution < -0.4 is 10.5 Å². The summed E-state index contributed by atoms with van der Waals surface area (Å²) in [4.78, 5) is 0. The monoisotopic (exact) mass is 251 g/mol. The van der Waals surface area contributed by atoms with E-state index < -0.39 is 0 Å². The molecule has 0 aliphatic heterocycles. The molecule has 1 aromatic heterocycles. The topological polar surface area (TPSA) is 63.9 Å². The maximum atomic E-state index is 6.05. The summed E-state index contributed by atoms with van der Waals surface area (Å²) >= 11 is 6.05. The fourth-order valence-electron chi connectivity index (χ4n) is 1.82. The number of benzene rings is 1. The second kappa shape index (κ2) is 4.30. The van der Waals surface area contributed by atoms with Crippen LogP contribution in [0.2, 0.25) is 5.02 Å². The van der Waals surface area contributed by atoms with Crippen LogP contribution in [0.3, 0.4) is 0 Å². The Morgan fingerprint density at radius 3 is 2.59 bits per heavy atom. The van der Waals surface area contributed by atoms with E-state index in [4.69, 9.17) is 22.1 Å². The molecule has 0 saturated heterocycles. The number of nitrogen functional groups attached to an aromatic ring is 1. The van der Waals surface area contributed by atoms with Crippen LogP contribution in [0, 0.1) is 13.8 Å². The van der Waals surface area contributed by atoms with Crippen LogP contribution in [0.15, 0.2) is 12.1 Å². The van der Waals surface area contributed by atoms with Gasteiger partial charge in [0.15, 0.2) is 0 Å². The second-order valence-corrected chi connectivity index (χ2v) is 4.35. The van der Waals surface area contributed by atoms with E-state index in [0.717, 1.165) is 22.6 Å². The van der Waals surface area contributed by atoms with Gasteiger partial charge in [-0.05, 0) is 31.5 Å². The van der Waals surface area contributed by atoms with Gasteiger partial charge in [0.2, 0.25) is 0 Å². The van der Waals surface area contributed by atoms with E-state index >= 15 is 0 Å². The van der Waals surface area contributed by atoms with Crippen molar-refractivity contribution in [2.75, 3.05) is 12.8 Å². The molecule has 1 aromatic carbocycles. The van der Waals surface area contributed by atoms with E-state index in [1.807, 2.05) is 19.9 Å². The normalized spacial score (nSPS) is 10.6. The number of nitrogens with two attached hydrogens (primary N) is 1. The predicted molar refractivity (Wildman–Crippen MR) is 69.5 cm³/mol. The quantitative estimate of drug-likeness (QED) is 0.863. The number of hydrogen-bond acceptors (Lipinski definition) is 3. The van der Waals surface area contributed by atoms with Crippen LogP contribution in [-0.4, -0.2) is 17.3 Å². The summed E-state index contributed by atoms with van der Waals surface area (Å²) in [5, 5.41) is 7.68. The minimum Gasteiger partial charge on any atom is -0.496 e. The highest BCUT2D eigenvalue weighted by molar-refractivity contribution is 6.31. The van der Waals surface area contributed by atoms with Crippen molar-refractivity contribution < 1.29 is 4.74 Å². The lowest BCUT2D eigenvalue weighted by molar-refractivity contribution is 0.413. The number of anilines is 1. The Morgan fingerprint density at radius 2 is 2.06 bits per heavy atom. The summed E-state index contributed by atoms with van der Waals surface area (Å²) < 4.78 is 5.38. The fourth-order valence-corrected chi connectivity index (χ4v) is 2.09. The van der Waals surface area contributed by atoms with Gasteiger partial charge in [-0.3, -0.25) is 5.10 Å². The number of rotatable bonds is 2. The Labute approximate surface area is 105 Å². The largest absolute Gasteiger partial charge is 0.496 e. The third-order valence-electron chi connectivity index (χ3n) is 2.69. The zero-order chi connectivity index (χ0) is 12.6. The number of aryl methyl sites for hydroxylation is 2. The van der Waals surface area contributed by atoms with Crippen molar-refractivity contribution in [3.63, 3.8) is 0 Å². The van der Waals surface area contributed by atoms with Gasteiger partial charge in [0, 0.05) is 10.6 Å². The van der Waals surface area contributed by atoms with Crippen molar-refractivity contribution in [1.82, 2.24) is 10.2 Å². The van der Waals surface area contributed by atoms with Gasteiger partial charge < -0.3 is 10.5 Å². The number of nitrogens with zero attached hydrogens (tertiary/aromatic N) is 1. The smallest absolute Gasteiger partial charge is 0.131 e. The van der Waals surface area contributed by atoms with Crippen LogP contribution in [0.1, 0.15) is 11.3 Å². The minimum atomic E-state index is 0.616. The number of aromatic nitrogens is 2. The van der Waals surface area contributed by atoms with E-state index in [2.05, 4.69) is 10.2 Å². The number of aromatic amines is 1. The first-order chi connectivity index (χ1) is 8.04. The lowest BCUT2D eigenvalue weighted by Crippen LogP contribution is -1.95. The molecule has 0 fully saturated rings. The van der Waals surface area contributed by atoms with Crippen molar-refractivity contribution in [2.45, 2.75) is 13.8 Å². The van der Waals surface area contributed by atoms with E-state index in [1.54, 1.807) is 13.2 Å². The zero-order valence-corrected chi connectivity index (χ0v) is 10.7. The molecule has 0 aliphatic carbocycles. The third kappa shape index (κ3) is 1.96. The second-order valence-electron chi connectivity index (χ2n) is 3.91. The highest BCUT2D eigenvalue weighted by Gasteiger charge is 2.16. The summed E-state index contributed by atoms with van der Waals surface area (Å²) in [6.07, 6.45) is 0. The van der Waals surface area contributed by atoms with Gasteiger partial charge in [0.25, 0.3) is 0 Å². The molecular weight excluding hydrogens is 238 g/mol. The molecular formula is C12H14ClN3O. The summed E-state index contributed by atoms with van der Waals surface area (Å²) in [5.41, 5.74) is 9.84. The highest BCUT2D eigenvalue weighted by Crippen LogP contribution is 2.37. The molecule has 0 atom stereocenters. The predicted octanol–water partition coefficient (Wildman–Crippen LogP) is 2.94. The Hall–Kier alpha value is -1.68. The first-order valence-electron chi connectivity index (χ1n) is 5.19. The maximum Gasteiger partial charge on any atom is 0.131 e. The number of nitrogens with one attached hydrogen (secondary N) is 1. The van der Waals surface area contributed by atoms with Gasteiger partial charge in [0.1, 0.15) is 11.4 Å². The van der Waals surface area contributed by atoms with Crippen LogP contribution >= 0.6 is 11.6 Å². The maximum absolute atomic E-state index is 6.05. The summed E-state index contributed by atoms with van der Waals surface area (Å²) in [6, 6.07) is 3.65. The summed E-state index contributed by atoms with van der Waals surface area (Å²) in [7, 11) is 1.62. The Morgan fingerprint density at radius 1 is 1.35 bits per heavy atom. The standard InChI is InChI=1S/C12H14ClN3O/c1-6-4-8(13)5-9(12(6)17-3)11-10(14)7(2)15-16-11/h4-5H,14H2,1-3H3,(H,15,16). The number of hydrogen-bond donors (Lipinski definition) is 2. The number of methoxy groups -OCH3 is 1. The number of H-pyrrole nitrogens is 1. The molecule has 17 heavy (non-hydrogen) atoms. The Bertz CT molecular complexity index is 563. The fraction of sp³-hybridized carbons (Fsp3) is 0.250. The molecule has 0 unspecified atom stereocenters. The molecule has 2 aromatic rings. The molecule has 1 heterocycles. The molecule has 0 radical (unpaired) electrons. The van der Waals surface area contributed by atoms with E-state index in [1.165, 1.54) is 0 Å². The molecule has 2 rings (SSSR count). The molecule has 90 valence electrons. The summed E-state index contributed by atoms with van der Waals surface area (Å²) in [5.74, 6) is 0.743. The Balaban J connectivity index is 2.70. The van der Waals surface area contributed by atoms with Gasteiger partial charge in [-0.15, -0.1) is 0 Å². The van der Waals surface area contributed by atoms with Crippen molar-refractivity contribution in [3.05, 3.63) is 28.4 Å². The lowest BCUT2D eigenvalue weighted by Gasteiger charge is -2.11. The molecule has 5 heteroatoms. The molecule has 4 nitrogen and oxygen atoms in total. The van der Waals surface area contributed by atoms with Gasteiger partial charge in [-0.1, -0.05) is 11.6 Å². The van der Waals surface area contributed by atoms with Gasteiger partial charge >= 0.3 is 0 Å². The first-order valence-corrected chi connectivity index (χ1v) is 5.57. The van der Waals surface area contributed by atoms with Crippen LogP contribution in [0.5, 0.6) is 5.75 Å². The van der Waals surface area contributed by atoms with E-state index in [9.17, 15) is 0 Å². The van der Waals surface area contributed by atoms with Crippen LogP contribution in [-0.2, 0) is 0 Å². The van der Waals surface area contributed by atoms with Gasteiger partial charge in [0.05, 0.1) is 18.5 Å². The molecule has 0 aliphatic rings. The van der Waals surface area contributed by atoms with E-state index in [0.29, 0.717) is 16.4 Å². The van der Waals surface area contributed by atoms with Crippen molar-refractivity contribution in [3.8, 4) is 17.0 Å². The van der Waals surface area contributed by atoms with Gasteiger partial charge in [-0.2, -0.15) is 5.10 Å². The number of halogens is 1. The summed E-state index contributed by atoms with van der Waals surface area (Å²) in [6.45, 7) is 3.81. The molecule has 0 saturated carbocycles. The van der Waals surface area contributed by atoms with Crippen LogP contribution in [0.25, 0.3) is 11.3 Å².